The van der Waals surface area contributed by atoms with Crippen LogP contribution >= 0.6 is 0 Å². The third-order valence-electron chi connectivity index (χ3n) is 18.0. The number of rotatable bonds is 40. The average molecular weight is 1310 g/mol. The fourth-order valence-corrected chi connectivity index (χ4v) is 12.4. The number of nitrogens with one attached hydrogen (secondary N) is 6. The van der Waals surface area contributed by atoms with E-state index in [1.165, 1.54) is 33.5 Å². The maximum absolute atomic E-state index is 14.9. The number of nitrogens with zero attached hydrogens (tertiary/aromatic N) is 4. The Morgan fingerprint density at radius 3 is 1.90 bits per heavy atom. The number of urea groups is 1. The minimum atomic E-state index is -1.06. The Balaban J connectivity index is 1.39. The number of primary amides is 1. The predicted octanol–water partition coefficient (Wildman–Crippen LogP) is 4.65. The Bertz CT molecular complexity index is 2850. The Morgan fingerprint density at radius 1 is 0.691 bits per heavy atom. The molecule has 1 unspecified atom stereocenters. The number of benzene rings is 2. The van der Waals surface area contributed by atoms with E-state index < -0.39 is 90.1 Å². The predicted molar refractivity (Wildman–Crippen MR) is 357 cm³/mol. The smallest absolute Gasteiger partial charge is 0.328 e. The highest BCUT2D eigenvalue weighted by Crippen LogP contribution is 2.30. The molecular weight excluding hydrogens is 1210 g/mol. The van der Waals surface area contributed by atoms with Gasteiger partial charge in [-0.1, -0.05) is 118 Å². The lowest BCUT2D eigenvalue weighted by atomic mass is 9.89. The van der Waals surface area contributed by atoms with Gasteiger partial charge in [0.05, 0.1) is 49.8 Å². The summed E-state index contributed by atoms with van der Waals surface area (Å²) in [4.78, 5) is 153. The Morgan fingerprint density at radius 2 is 1.33 bits per heavy atom. The minimum Gasteiger partial charge on any atom is -0.467 e. The van der Waals surface area contributed by atoms with E-state index in [-0.39, 0.29) is 97.9 Å². The molecule has 2 aromatic carbocycles. The topological polar surface area (TPSA) is 327 Å². The highest BCUT2D eigenvalue weighted by Gasteiger charge is 2.44. The quantitative estimate of drug-likeness (QED) is 0.0271. The SMILES string of the molecule is CCC(C)[C@@H]([C@@H](CC(=O)N1CCC[C@H]1[C@H](OC)[C@@H](C)C(=O)N[C@@H](Cc1ccccc1)C(=O)OC)OC)N(C)C(=O)[C@@H](NC(=O)[C@H](C(C)C)N(C)CCc1ccc(NC(=O)[C@H](CCCNC(N)=O)NC(=O)[C@@H](NC(=O)CCCCCN2C(=O)C=CC2=O)C(C)C)cc1)C(C)C. The van der Waals surface area contributed by atoms with Crippen molar-refractivity contribution in [1.29, 1.82) is 0 Å². The summed E-state index contributed by atoms with van der Waals surface area (Å²) in [5.41, 5.74) is 7.46. The Kier molecular flexibility index (Phi) is 32.8. The summed E-state index contributed by atoms with van der Waals surface area (Å²) in [5.74, 6) is -5.81. The van der Waals surface area contributed by atoms with Gasteiger partial charge in [0.15, 0.2) is 0 Å². The van der Waals surface area contributed by atoms with Crippen LogP contribution in [0.2, 0.25) is 0 Å². The molecule has 4 rings (SSSR count). The molecule has 0 bridgehead atoms. The summed E-state index contributed by atoms with van der Waals surface area (Å²) in [6.07, 6.45) is 5.64. The number of carbonyl (C=O) groups is 11. The van der Waals surface area contributed by atoms with E-state index in [9.17, 15) is 52.7 Å². The number of likely N-dealkylation sites (N-methyl/N-ethyl adjacent to an activating group) is 2. The first-order valence-electron chi connectivity index (χ1n) is 33.2. The summed E-state index contributed by atoms with van der Waals surface area (Å²) in [7, 11) is 7.84. The van der Waals surface area contributed by atoms with Crippen LogP contribution in [-0.2, 0) is 75.0 Å². The molecule has 25 nitrogen and oxygen atoms in total. The van der Waals surface area contributed by atoms with Crippen LogP contribution in [0.25, 0.3) is 0 Å². The molecule has 1 saturated heterocycles. The maximum atomic E-state index is 14.9. The number of nitrogens with two attached hydrogens (primary N) is 1. The number of imide groups is 1. The van der Waals surface area contributed by atoms with Gasteiger partial charge in [-0.05, 0) is 98.9 Å². The number of anilines is 1. The number of amides is 11. The molecule has 94 heavy (non-hydrogen) atoms. The number of hydrogen-bond donors (Lipinski definition) is 7. The van der Waals surface area contributed by atoms with Crippen LogP contribution in [0.1, 0.15) is 138 Å². The van der Waals surface area contributed by atoms with Gasteiger partial charge < -0.3 is 61.6 Å². The lowest BCUT2D eigenvalue weighted by Gasteiger charge is -2.41. The largest absolute Gasteiger partial charge is 0.467 e. The first kappa shape index (κ1) is 78.7. The molecule has 8 N–H and O–H groups in total. The van der Waals surface area contributed by atoms with E-state index in [4.69, 9.17) is 19.9 Å². The molecule has 25 heteroatoms. The van der Waals surface area contributed by atoms with Crippen LogP contribution in [0, 0.1) is 29.6 Å². The lowest BCUT2D eigenvalue weighted by Crippen LogP contribution is -2.60. The lowest BCUT2D eigenvalue weighted by molar-refractivity contribution is -0.149. The van der Waals surface area contributed by atoms with E-state index in [1.54, 1.807) is 49.8 Å². The molecule has 11 amide bonds. The van der Waals surface area contributed by atoms with Gasteiger partial charge in [0, 0.05) is 78.1 Å². The first-order valence-corrected chi connectivity index (χ1v) is 33.2. The van der Waals surface area contributed by atoms with E-state index >= 15 is 0 Å². The van der Waals surface area contributed by atoms with Gasteiger partial charge in [0.1, 0.15) is 24.2 Å². The van der Waals surface area contributed by atoms with Crippen LogP contribution in [-0.4, -0.2) is 201 Å². The molecule has 0 radical (unpaired) electrons. The van der Waals surface area contributed by atoms with Gasteiger partial charge in [0.2, 0.25) is 41.4 Å². The van der Waals surface area contributed by atoms with Crippen molar-refractivity contribution in [1.82, 2.24) is 46.2 Å². The van der Waals surface area contributed by atoms with Crippen molar-refractivity contribution in [3.63, 3.8) is 0 Å². The van der Waals surface area contributed by atoms with Crippen molar-refractivity contribution in [3.8, 4) is 0 Å². The fraction of sp³-hybridized carbons (Fsp3) is 0.638. The molecule has 2 aliphatic heterocycles. The summed E-state index contributed by atoms with van der Waals surface area (Å²) < 4.78 is 17.2. The number of methoxy groups -OCH3 is 3. The van der Waals surface area contributed by atoms with Gasteiger partial charge in [-0.2, -0.15) is 0 Å². The summed E-state index contributed by atoms with van der Waals surface area (Å²) in [6, 6.07) is 10.1. The van der Waals surface area contributed by atoms with Gasteiger partial charge in [-0.3, -0.25) is 53.0 Å². The Labute approximate surface area is 555 Å². The van der Waals surface area contributed by atoms with E-state index in [2.05, 4.69) is 31.9 Å². The minimum absolute atomic E-state index is 0.0729. The molecule has 0 saturated carbocycles. The molecule has 11 atom stereocenters. The molecular formula is C69H107N11O14. The summed E-state index contributed by atoms with van der Waals surface area (Å²) >= 11 is 0. The van der Waals surface area contributed by atoms with Crippen molar-refractivity contribution in [2.45, 2.75) is 194 Å². The molecule has 522 valence electrons. The number of likely N-dealkylation sites (tertiary alicyclic amines) is 1. The highest BCUT2D eigenvalue weighted by atomic mass is 16.5. The molecule has 0 aromatic heterocycles. The summed E-state index contributed by atoms with van der Waals surface area (Å²) in [5, 5.41) is 16.9. The van der Waals surface area contributed by atoms with E-state index in [0.717, 1.165) is 16.0 Å². The molecule has 0 aliphatic carbocycles. The fourth-order valence-electron chi connectivity index (χ4n) is 12.4. The molecule has 2 aromatic rings. The number of carbonyl (C=O) groups excluding carboxylic acids is 11. The van der Waals surface area contributed by atoms with E-state index in [0.29, 0.717) is 70.1 Å². The van der Waals surface area contributed by atoms with Crippen LogP contribution < -0.4 is 37.6 Å². The van der Waals surface area contributed by atoms with Crippen molar-refractivity contribution in [2.75, 3.05) is 66.9 Å². The molecule has 1 fully saturated rings. The first-order chi connectivity index (χ1) is 44.6. The third kappa shape index (κ3) is 23.6. The maximum Gasteiger partial charge on any atom is 0.328 e. The number of hydrogen-bond acceptors (Lipinski definition) is 15. The summed E-state index contributed by atoms with van der Waals surface area (Å²) in [6.45, 7) is 18.2. The number of esters is 1. The standard InChI is InChI=1S/C69H107N11O14/c1-15-45(8)61(53(92-12)41-57(84)79-38-23-27-52(79)62(93-13)46(9)63(85)74-51(68(90)94-14)40-48-24-18-16-19-25-48)78(11)67(89)59(43(4)5)76-66(88)60(44(6)7)77(10)39-35-47-29-31-49(32-30-47)72-64(86)50(26-22-36-71-69(70)91)73-65(87)58(42(2)3)75-54(81)28-20-17-21-37-80-55(82)33-34-56(80)83/h16,18-19,24-25,29-34,42-46,50-53,58-62H,15,17,20-23,26-28,35-41H2,1-14H3,(H,72,86)(H,73,87)(H,74,85)(H,75,81)(H,76,88)(H3,70,71,91)/t45?,46-,50+,51+,52+,53-,58+,59+,60+,61+,62-/m1/s1. The van der Waals surface area contributed by atoms with Gasteiger partial charge >= 0.3 is 12.0 Å². The second-order valence-corrected chi connectivity index (χ2v) is 26.0. The van der Waals surface area contributed by atoms with Crippen LogP contribution in [0.5, 0.6) is 0 Å². The zero-order chi connectivity index (χ0) is 69.9. The monoisotopic (exact) mass is 1310 g/mol. The third-order valence-corrected chi connectivity index (χ3v) is 18.0. The van der Waals surface area contributed by atoms with Crippen LogP contribution in [0.4, 0.5) is 10.5 Å². The second kappa shape index (κ2) is 39.2. The average Bonchev–Trinajstić information content (AvgIpc) is 1.36. The van der Waals surface area contributed by atoms with Crippen LogP contribution in [0.15, 0.2) is 66.7 Å². The van der Waals surface area contributed by atoms with Crippen LogP contribution in [0.3, 0.4) is 0 Å². The van der Waals surface area contributed by atoms with Crippen molar-refractivity contribution in [2.24, 2.45) is 35.3 Å². The van der Waals surface area contributed by atoms with Gasteiger partial charge in [-0.25, -0.2) is 9.59 Å². The van der Waals surface area contributed by atoms with E-state index in [1.807, 2.05) is 96.0 Å². The zero-order valence-corrected chi connectivity index (χ0v) is 57.8. The van der Waals surface area contributed by atoms with Crippen molar-refractivity contribution < 1.29 is 67.0 Å². The normalized spacial score (nSPS) is 17.1. The highest BCUT2D eigenvalue weighted by molar-refractivity contribution is 6.12. The Hall–Kier alpha value is -7.77. The molecule has 0 spiro atoms. The van der Waals surface area contributed by atoms with Gasteiger partial charge in [0.25, 0.3) is 11.8 Å². The molecule has 2 heterocycles. The zero-order valence-electron chi connectivity index (χ0n) is 57.8. The second-order valence-electron chi connectivity index (χ2n) is 26.0. The van der Waals surface area contributed by atoms with Crippen molar-refractivity contribution >= 4 is 70.9 Å². The number of unbranched alkanes of at least 4 members (excludes halogenated alkanes) is 2. The van der Waals surface area contributed by atoms with Gasteiger partial charge in [-0.15, -0.1) is 0 Å². The van der Waals surface area contributed by atoms with Crippen molar-refractivity contribution in [3.05, 3.63) is 77.9 Å². The number of ether oxygens (including phenoxy) is 3. The molecule has 2 aliphatic rings.